The zero-order valence-electron chi connectivity index (χ0n) is 21.4. The molecular formula is C26H37N3O5S. The average molecular weight is 504 g/mol. The first-order chi connectivity index (χ1) is 16.4. The van der Waals surface area contributed by atoms with E-state index < -0.39 is 29.7 Å². The predicted molar refractivity (Wildman–Crippen MR) is 138 cm³/mol. The van der Waals surface area contributed by atoms with Gasteiger partial charge in [0.1, 0.15) is 23.4 Å². The van der Waals surface area contributed by atoms with Gasteiger partial charge in [-0.05, 0) is 94.7 Å². The Morgan fingerprint density at radius 1 is 1.09 bits per heavy atom. The molecule has 35 heavy (non-hydrogen) atoms. The molecule has 0 fully saturated rings. The first-order valence-corrected chi connectivity index (χ1v) is 12.6. The lowest BCUT2D eigenvalue weighted by Crippen LogP contribution is -2.54. The van der Waals surface area contributed by atoms with Gasteiger partial charge >= 0.3 is 6.09 Å². The molecule has 0 spiro atoms. The summed E-state index contributed by atoms with van der Waals surface area (Å²) < 4.78 is 5.34. The molecule has 1 aromatic heterocycles. The quantitative estimate of drug-likeness (QED) is 0.369. The molecule has 0 saturated heterocycles. The van der Waals surface area contributed by atoms with Crippen LogP contribution < -0.4 is 16.0 Å². The van der Waals surface area contributed by atoms with Gasteiger partial charge < -0.3 is 25.8 Å². The van der Waals surface area contributed by atoms with Crippen LogP contribution in [-0.4, -0.2) is 47.2 Å². The van der Waals surface area contributed by atoms with Crippen molar-refractivity contribution in [1.82, 2.24) is 16.0 Å². The second-order valence-corrected chi connectivity index (χ2v) is 10.7. The number of aryl methyl sites for hydroxylation is 3. The lowest BCUT2D eigenvalue weighted by molar-refractivity contribution is -0.129. The third-order valence-corrected chi connectivity index (χ3v) is 6.26. The summed E-state index contributed by atoms with van der Waals surface area (Å²) in [5.74, 6) is -0.657. The number of thiophene rings is 1. The Morgan fingerprint density at radius 2 is 1.74 bits per heavy atom. The maximum atomic E-state index is 13.1. The lowest BCUT2D eigenvalue weighted by Gasteiger charge is -2.25. The van der Waals surface area contributed by atoms with Gasteiger partial charge in [-0.1, -0.05) is 6.07 Å². The SMILES string of the molecule is Cc1cc(O)cc(C)c1C[C@H](NC(=O)OC(C)(C)C)C(=O)N[C@H](C)C(=O)NCCCc1cccs1. The monoisotopic (exact) mass is 503 g/mol. The van der Waals surface area contributed by atoms with Crippen molar-refractivity contribution >= 4 is 29.2 Å². The third kappa shape index (κ3) is 9.60. The summed E-state index contributed by atoms with van der Waals surface area (Å²) in [5, 5.41) is 20.1. The molecule has 8 nitrogen and oxygen atoms in total. The van der Waals surface area contributed by atoms with Crippen LogP contribution in [0.5, 0.6) is 5.75 Å². The van der Waals surface area contributed by atoms with Gasteiger partial charge in [-0.25, -0.2) is 4.79 Å². The van der Waals surface area contributed by atoms with E-state index in [1.165, 1.54) is 4.88 Å². The molecule has 0 aliphatic rings. The smallest absolute Gasteiger partial charge is 0.408 e. The van der Waals surface area contributed by atoms with Crippen LogP contribution in [0.1, 0.15) is 55.7 Å². The van der Waals surface area contributed by atoms with E-state index in [0.717, 1.165) is 29.5 Å². The third-order valence-electron chi connectivity index (χ3n) is 5.33. The number of nitrogens with one attached hydrogen (secondary N) is 3. The fraction of sp³-hybridized carbons (Fsp3) is 0.500. The number of rotatable bonds is 10. The minimum Gasteiger partial charge on any atom is -0.508 e. The molecule has 9 heteroatoms. The van der Waals surface area contributed by atoms with Gasteiger partial charge in [0.2, 0.25) is 11.8 Å². The average Bonchev–Trinajstić information content (AvgIpc) is 3.24. The molecule has 1 aromatic carbocycles. The summed E-state index contributed by atoms with van der Waals surface area (Å²) in [4.78, 5) is 39.4. The number of phenolic OH excluding ortho intramolecular Hbond substituents is 1. The van der Waals surface area contributed by atoms with Crippen molar-refractivity contribution in [2.24, 2.45) is 0 Å². The molecule has 0 bridgehead atoms. The normalized spacial score (nSPS) is 13.0. The van der Waals surface area contributed by atoms with Gasteiger partial charge in [-0.3, -0.25) is 9.59 Å². The maximum Gasteiger partial charge on any atom is 0.408 e. The summed E-state index contributed by atoms with van der Waals surface area (Å²) in [7, 11) is 0. The molecular weight excluding hydrogens is 466 g/mol. The fourth-order valence-electron chi connectivity index (χ4n) is 3.62. The second-order valence-electron chi connectivity index (χ2n) is 9.67. The number of hydrogen-bond acceptors (Lipinski definition) is 6. The molecule has 2 aromatic rings. The van der Waals surface area contributed by atoms with Crippen LogP contribution in [0.2, 0.25) is 0 Å². The Labute approximate surface area is 211 Å². The zero-order valence-corrected chi connectivity index (χ0v) is 22.2. The van der Waals surface area contributed by atoms with Crippen molar-refractivity contribution in [2.75, 3.05) is 6.54 Å². The van der Waals surface area contributed by atoms with Crippen LogP contribution in [0.15, 0.2) is 29.6 Å². The standard InChI is InChI=1S/C26H37N3O5S/c1-16-13-19(30)14-17(2)21(16)15-22(29-25(33)34-26(4,5)6)24(32)28-18(3)23(31)27-11-7-9-20-10-8-12-35-20/h8,10,12-14,18,22,30H,7,9,11,15H2,1-6H3,(H,27,31)(H,28,32)(H,29,33)/t18-,22+/m1/s1. The fourth-order valence-corrected chi connectivity index (χ4v) is 4.37. The van der Waals surface area contributed by atoms with E-state index in [9.17, 15) is 19.5 Å². The van der Waals surface area contributed by atoms with Crippen molar-refractivity contribution in [1.29, 1.82) is 0 Å². The van der Waals surface area contributed by atoms with Crippen LogP contribution in [0, 0.1) is 13.8 Å². The van der Waals surface area contributed by atoms with Crippen molar-refractivity contribution in [3.8, 4) is 5.75 Å². The molecule has 0 radical (unpaired) electrons. The van der Waals surface area contributed by atoms with Gasteiger partial charge in [-0.2, -0.15) is 0 Å². The van der Waals surface area contributed by atoms with E-state index in [-0.39, 0.29) is 18.1 Å². The van der Waals surface area contributed by atoms with E-state index in [1.807, 2.05) is 25.3 Å². The number of alkyl carbamates (subject to hydrolysis) is 1. The highest BCUT2D eigenvalue weighted by molar-refractivity contribution is 7.09. The van der Waals surface area contributed by atoms with Crippen molar-refractivity contribution in [3.05, 3.63) is 51.2 Å². The number of ether oxygens (including phenoxy) is 1. The van der Waals surface area contributed by atoms with Gasteiger partial charge in [0.25, 0.3) is 0 Å². The highest BCUT2D eigenvalue weighted by Crippen LogP contribution is 2.22. The number of carbonyl (C=O) groups is 3. The Balaban J connectivity index is 2.03. The minimum atomic E-state index is -0.971. The molecule has 0 aliphatic heterocycles. The molecule has 0 unspecified atom stereocenters. The van der Waals surface area contributed by atoms with Gasteiger partial charge in [0.15, 0.2) is 0 Å². The first-order valence-electron chi connectivity index (χ1n) is 11.7. The van der Waals surface area contributed by atoms with E-state index in [1.54, 1.807) is 51.2 Å². The number of carbonyl (C=O) groups excluding carboxylic acids is 3. The molecule has 2 rings (SSSR count). The maximum absolute atomic E-state index is 13.1. The van der Waals surface area contributed by atoms with Crippen LogP contribution in [0.25, 0.3) is 0 Å². The molecule has 0 saturated carbocycles. The predicted octanol–water partition coefficient (Wildman–Crippen LogP) is 3.76. The Kier molecular flexibility index (Phi) is 10.1. The van der Waals surface area contributed by atoms with Crippen molar-refractivity contribution in [2.45, 2.75) is 78.5 Å². The Morgan fingerprint density at radius 3 is 2.31 bits per heavy atom. The number of hydrogen-bond donors (Lipinski definition) is 4. The largest absolute Gasteiger partial charge is 0.508 e. The van der Waals surface area contributed by atoms with E-state index >= 15 is 0 Å². The zero-order chi connectivity index (χ0) is 26.2. The minimum absolute atomic E-state index is 0.134. The van der Waals surface area contributed by atoms with Crippen LogP contribution in [-0.2, 0) is 27.2 Å². The second kappa shape index (κ2) is 12.6. The topological polar surface area (TPSA) is 117 Å². The lowest BCUT2D eigenvalue weighted by atomic mass is 9.95. The van der Waals surface area contributed by atoms with Gasteiger partial charge in [0.05, 0.1) is 0 Å². The molecule has 2 atom stereocenters. The molecule has 3 amide bonds. The van der Waals surface area contributed by atoms with E-state index in [2.05, 4.69) is 22.0 Å². The first kappa shape index (κ1) is 28.2. The van der Waals surface area contributed by atoms with Crippen molar-refractivity contribution in [3.63, 3.8) is 0 Å². The Bertz CT molecular complexity index is 991. The molecule has 0 aliphatic carbocycles. The highest BCUT2D eigenvalue weighted by Gasteiger charge is 2.28. The number of amides is 3. The Hall–Kier alpha value is -3.07. The molecule has 4 N–H and O–H groups in total. The van der Waals surface area contributed by atoms with Gasteiger partial charge in [-0.15, -0.1) is 11.3 Å². The van der Waals surface area contributed by atoms with Crippen LogP contribution in [0.3, 0.4) is 0 Å². The van der Waals surface area contributed by atoms with Gasteiger partial charge in [0, 0.05) is 17.8 Å². The molecule has 192 valence electrons. The van der Waals surface area contributed by atoms with Crippen LogP contribution in [0.4, 0.5) is 4.79 Å². The summed E-state index contributed by atoms with van der Waals surface area (Å²) in [6.45, 7) is 11.0. The van der Waals surface area contributed by atoms with E-state index in [0.29, 0.717) is 6.54 Å². The molecule has 1 heterocycles. The summed E-state index contributed by atoms with van der Waals surface area (Å²) >= 11 is 1.68. The van der Waals surface area contributed by atoms with Crippen molar-refractivity contribution < 1.29 is 24.2 Å². The summed E-state index contributed by atoms with van der Waals surface area (Å²) in [6, 6.07) is 5.52. The highest BCUT2D eigenvalue weighted by atomic mass is 32.1. The summed E-state index contributed by atoms with van der Waals surface area (Å²) in [5.41, 5.74) is 1.68. The van der Waals surface area contributed by atoms with E-state index in [4.69, 9.17) is 4.74 Å². The number of aromatic hydroxyl groups is 1. The van der Waals surface area contributed by atoms with Crippen LogP contribution >= 0.6 is 11.3 Å². The summed E-state index contributed by atoms with van der Waals surface area (Å²) in [6.07, 6.45) is 1.14. The number of phenols is 1. The number of benzene rings is 1.